The highest BCUT2D eigenvalue weighted by Crippen LogP contribution is 2.25. The summed E-state index contributed by atoms with van der Waals surface area (Å²) < 4.78 is 0. The summed E-state index contributed by atoms with van der Waals surface area (Å²) >= 11 is 0. The molecule has 0 spiro atoms. The van der Waals surface area contributed by atoms with Gasteiger partial charge in [-0.3, -0.25) is 9.88 Å². The standard InChI is InChI=1S/C17H20N2/c1-13(2)14-8-10-19(11-14)12-15-7-9-18-17-6-4-3-5-16(15)17/h3-7,9,14H,1,8,10-12H2,2H3/t14-/m0/s1. The van der Waals surface area contributed by atoms with Crippen molar-refractivity contribution in [2.24, 2.45) is 5.92 Å². The molecule has 1 aromatic heterocycles. The number of fused-ring (bicyclic) bond motifs is 1. The molecule has 98 valence electrons. The molecule has 2 nitrogen and oxygen atoms in total. The van der Waals surface area contributed by atoms with Crippen LogP contribution in [0.3, 0.4) is 0 Å². The predicted octanol–water partition coefficient (Wildman–Crippen LogP) is 3.63. The average molecular weight is 252 g/mol. The fourth-order valence-electron chi connectivity index (χ4n) is 2.91. The van der Waals surface area contributed by atoms with Crippen molar-refractivity contribution in [1.82, 2.24) is 9.88 Å². The van der Waals surface area contributed by atoms with Gasteiger partial charge in [-0.25, -0.2) is 0 Å². The topological polar surface area (TPSA) is 16.1 Å². The maximum absolute atomic E-state index is 4.43. The molecule has 1 aromatic carbocycles. The molecule has 0 N–H and O–H groups in total. The van der Waals surface area contributed by atoms with E-state index in [0.717, 1.165) is 18.6 Å². The number of benzene rings is 1. The van der Waals surface area contributed by atoms with E-state index < -0.39 is 0 Å². The number of hydrogen-bond acceptors (Lipinski definition) is 2. The van der Waals surface area contributed by atoms with Crippen LogP contribution in [0.25, 0.3) is 10.9 Å². The van der Waals surface area contributed by atoms with Crippen LogP contribution in [0.1, 0.15) is 18.9 Å². The molecular formula is C17H20N2. The Bertz CT molecular complexity index is 598. The molecule has 0 amide bonds. The molecule has 2 heterocycles. The van der Waals surface area contributed by atoms with Gasteiger partial charge in [-0.15, -0.1) is 0 Å². The molecule has 2 aromatic rings. The van der Waals surface area contributed by atoms with Crippen molar-refractivity contribution >= 4 is 10.9 Å². The molecule has 1 atom stereocenters. The zero-order valence-electron chi connectivity index (χ0n) is 11.5. The first-order chi connectivity index (χ1) is 9.24. The highest BCUT2D eigenvalue weighted by Gasteiger charge is 2.23. The number of para-hydroxylation sites is 1. The summed E-state index contributed by atoms with van der Waals surface area (Å²) in [4.78, 5) is 6.96. The van der Waals surface area contributed by atoms with E-state index in [2.05, 4.69) is 47.7 Å². The molecule has 1 saturated heterocycles. The van der Waals surface area contributed by atoms with Gasteiger partial charge in [-0.05, 0) is 43.5 Å². The third-order valence-corrected chi connectivity index (χ3v) is 4.10. The first-order valence-corrected chi connectivity index (χ1v) is 6.94. The van der Waals surface area contributed by atoms with Crippen molar-refractivity contribution < 1.29 is 0 Å². The first kappa shape index (κ1) is 12.4. The van der Waals surface area contributed by atoms with Gasteiger partial charge < -0.3 is 0 Å². The van der Waals surface area contributed by atoms with E-state index in [1.54, 1.807) is 0 Å². The van der Waals surface area contributed by atoms with Gasteiger partial charge in [0.25, 0.3) is 0 Å². The monoisotopic (exact) mass is 252 g/mol. The largest absolute Gasteiger partial charge is 0.298 e. The summed E-state index contributed by atoms with van der Waals surface area (Å²) in [6, 6.07) is 10.5. The Morgan fingerprint density at radius 2 is 2.21 bits per heavy atom. The molecule has 1 aliphatic heterocycles. The van der Waals surface area contributed by atoms with Crippen LogP contribution in [0.4, 0.5) is 0 Å². The summed E-state index contributed by atoms with van der Waals surface area (Å²) in [5.74, 6) is 0.674. The zero-order valence-corrected chi connectivity index (χ0v) is 11.5. The minimum atomic E-state index is 0.674. The van der Waals surface area contributed by atoms with Crippen LogP contribution in [0.15, 0.2) is 48.7 Å². The highest BCUT2D eigenvalue weighted by atomic mass is 15.1. The second-order valence-corrected chi connectivity index (χ2v) is 5.55. The number of nitrogens with zero attached hydrogens (tertiary/aromatic N) is 2. The van der Waals surface area contributed by atoms with Crippen LogP contribution in [-0.2, 0) is 6.54 Å². The second kappa shape index (κ2) is 5.14. The zero-order chi connectivity index (χ0) is 13.2. The molecule has 0 radical (unpaired) electrons. The predicted molar refractivity (Wildman–Crippen MR) is 79.9 cm³/mol. The lowest BCUT2D eigenvalue weighted by atomic mass is 10.0. The van der Waals surface area contributed by atoms with Crippen LogP contribution in [0.5, 0.6) is 0 Å². The Labute approximate surface area is 114 Å². The lowest BCUT2D eigenvalue weighted by Crippen LogP contribution is -2.20. The van der Waals surface area contributed by atoms with Gasteiger partial charge in [0.2, 0.25) is 0 Å². The van der Waals surface area contributed by atoms with E-state index in [1.165, 1.54) is 29.5 Å². The van der Waals surface area contributed by atoms with E-state index in [4.69, 9.17) is 0 Å². The van der Waals surface area contributed by atoms with Crippen LogP contribution in [0.2, 0.25) is 0 Å². The van der Waals surface area contributed by atoms with Gasteiger partial charge in [-0.2, -0.15) is 0 Å². The number of pyridine rings is 1. The molecule has 1 fully saturated rings. The van der Waals surface area contributed by atoms with Crippen LogP contribution in [-0.4, -0.2) is 23.0 Å². The van der Waals surface area contributed by atoms with Gasteiger partial charge in [0, 0.05) is 24.7 Å². The van der Waals surface area contributed by atoms with Gasteiger partial charge >= 0.3 is 0 Å². The quantitative estimate of drug-likeness (QED) is 0.775. The number of aromatic nitrogens is 1. The molecular weight excluding hydrogens is 232 g/mol. The van der Waals surface area contributed by atoms with E-state index in [-0.39, 0.29) is 0 Å². The second-order valence-electron chi connectivity index (χ2n) is 5.55. The maximum atomic E-state index is 4.43. The van der Waals surface area contributed by atoms with Gasteiger partial charge in [0.05, 0.1) is 5.52 Å². The highest BCUT2D eigenvalue weighted by molar-refractivity contribution is 5.81. The smallest absolute Gasteiger partial charge is 0.0705 e. The van der Waals surface area contributed by atoms with E-state index in [0.29, 0.717) is 5.92 Å². The summed E-state index contributed by atoms with van der Waals surface area (Å²) in [5, 5.41) is 1.28. The number of hydrogen-bond donors (Lipinski definition) is 0. The molecule has 0 unspecified atom stereocenters. The maximum Gasteiger partial charge on any atom is 0.0705 e. The third kappa shape index (κ3) is 2.54. The summed E-state index contributed by atoms with van der Waals surface area (Å²) in [5.41, 5.74) is 3.80. The lowest BCUT2D eigenvalue weighted by molar-refractivity contribution is 0.324. The molecule has 0 saturated carbocycles. The number of likely N-dealkylation sites (tertiary alicyclic amines) is 1. The molecule has 1 aliphatic rings. The SMILES string of the molecule is C=C(C)[C@H]1CCN(Cc2ccnc3ccccc23)C1. The fraction of sp³-hybridized carbons (Fsp3) is 0.353. The van der Waals surface area contributed by atoms with Crippen molar-refractivity contribution in [3.8, 4) is 0 Å². The first-order valence-electron chi connectivity index (χ1n) is 6.94. The summed E-state index contributed by atoms with van der Waals surface area (Å²) in [6.07, 6.45) is 3.17. The summed E-state index contributed by atoms with van der Waals surface area (Å²) in [7, 11) is 0. The Kier molecular flexibility index (Phi) is 3.34. The Morgan fingerprint density at radius 3 is 3.00 bits per heavy atom. The van der Waals surface area contributed by atoms with Gasteiger partial charge in [-0.1, -0.05) is 30.4 Å². The van der Waals surface area contributed by atoms with Crippen molar-refractivity contribution in [3.63, 3.8) is 0 Å². The van der Waals surface area contributed by atoms with Crippen molar-refractivity contribution in [2.75, 3.05) is 13.1 Å². The van der Waals surface area contributed by atoms with E-state index in [1.807, 2.05) is 12.3 Å². The van der Waals surface area contributed by atoms with Gasteiger partial charge in [0.1, 0.15) is 0 Å². The lowest BCUT2D eigenvalue weighted by Gasteiger charge is -2.17. The van der Waals surface area contributed by atoms with Crippen LogP contribution < -0.4 is 0 Å². The van der Waals surface area contributed by atoms with Crippen LogP contribution in [0, 0.1) is 5.92 Å². The Hall–Kier alpha value is -1.67. The fourth-order valence-corrected chi connectivity index (χ4v) is 2.91. The molecule has 19 heavy (non-hydrogen) atoms. The van der Waals surface area contributed by atoms with Crippen LogP contribution >= 0.6 is 0 Å². The van der Waals surface area contributed by atoms with E-state index >= 15 is 0 Å². The Morgan fingerprint density at radius 1 is 1.37 bits per heavy atom. The summed E-state index contributed by atoms with van der Waals surface area (Å²) in [6.45, 7) is 9.58. The molecule has 0 bridgehead atoms. The number of rotatable bonds is 3. The molecule has 3 rings (SSSR count). The van der Waals surface area contributed by atoms with E-state index in [9.17, 15) is 0 Å². The minimum absolute atomic E-state index is 0.674. The Balaban J connectivity index is 1.81. The third-order valence-electron chi connectivity index (χ3n) is 4.10. The van der Waals surface area contributed by atoms with Crippen molar-refractivity contribution in [2.45, 2.75) is 19.9 Å². The normalized spacial score (nSPS) is 19.9. The van der Waals surface area contributed by atoms with Crippen molar-refractivity contribution in [1.29, 1.82) is 0 Å². The molecule has 0 aliphatic carbocycles. The minimum Gasteiger partial charge on any atom is -0.298 e. The molecule has 2 heteroatoms. The van der Waals surface area contributed by atoms with Crippen molar-refractivity contribution in [3.05, 3.63) is 54.2 Å². The average Bonchev–Trinajstić information content (AvgIpc) is 2.88. The van der Waals surface area contributed by atoms with Gasteiger partial charge in [0.15, 0.2) is 0 Å².